The molecule has 0 spiro atoms. The molecule has 2 aromatic carbocycles. The van der Waals surface area contributed by atoms with Gasteiger partial charge in [0.25, 0.3) is 5.91 Å². The van der Waals surface area contributed by atoms with Crippen LogP contribution < -0.4 is 14.4 Å². The number of amides is 1. The van der Waals surface area contributed by atoms with Gasteiger partial charge < -0.3 is 19.3 Å². The molecule has 1 aliphatic heterocycles. The maximum atomic E-state index is 12.8. The molecule has 1 aliphatic rings. The highest BCUT2D eigenvalue weighted by molar-refractivity contribution is 5.95. The normalized spacial score (nSPS) is 14.3. The first-order chi connectivity index (χ1) is 12.5. The van der Waals surface area contributed by atoms with Gasteiger partial charge in [-0.1, -0.05) is 6.07 Å². The molecule has 1 fully saturated rings. The minimum atomic E-state index is 0.0334. The fraction of sp³-hybridized carbons (Fsp3) is 0.381. The number of rotatable bonds is 4. The van der Waals surface area contributed by atoms with Crippen LogP contribution in [0.4, 0.5) is 5.69 Å². The molecule has 5 nitrogen and oxygen atoms in total. The minimum Gasteiger partial charge on any atom is -0.493 e. The van der Waals surface area contributed by atoms with Gasteiger partial charge >= 0.3 is 0 Å². The summed E-state index contributed by atoms with van der Waals surface area (Å²) in [7, 11) is 3.17. The second kappa shape index (κ2) is 7.68. The first-order valence-electron chi connectivity index (χ1n) is 8.86. The third kappa shape index (κ3) is 3.77. The summed E-state index contributed by atoms with van der Waals surface area (Å²) in [5.41, 5.74) is 4.40. The van der Waals surface area contributed by atoms with E-state index in [2.05, 4.69) is 36.9 Å². The summed E-state index contributed by atoms with van der Waals surface area (Å²) in [6.45, 7) is 7.32. The Kier molecular flexibility index (Phi) is 5.35. The predicted octanol–water partition coefficient (Wildman–Crippen LogP) is 3.28. The van der Waals surface area contributed by atoms with Gasteiger partial charge in [-0.15, -0.1) is 0 Å². The first-order valence-corrected chi connectivity index (χ1v) is 8.86. The third-order valence-corrected chi connectivity index (χ3v) is 4.77. The molecule has 0 aromatic heterocycles. The lowest BCUT2D eigenvalue weighted by atomic mass is 10.1. The van der Waals surface area contributed by atoms with Crippen molar-refractivity contribution in [2.24, 2.45) is 0 Å². The van der Waals surface area contributed by atoms with Crippen molar-refractivity contribution >= 4 is 11.6 Å². The van der Waals surface area contributed by atoms with Crippen molar-refractivity contribution < 1.29 is 14.3 Å². The number of anilines is 1. The molecular formula is C21H26N2O3. The Balaban J connectivity index is 1.68. The highest BCUT2D eigenvalue weighted by Crippen LogP contribution is 2.28. The molecule has 0 saturated carbocycles. The highest BCUT2D eigenvalue weighted by Gasteiger charge is 2.23. The number of ether oxygens (including phenoxy) is 2. The lowest BCUT2D eigenvalue weighted by molar-refractivity contribution is 0.0746. The van der Waals surface area contributed by atoms with E-state index in [9.17, 15) is 4.79 Å². The summed E-state index contributed by atoms with van der Waals surface area (Å²) >= 11 is 0. The first kappa shape index (κ1) is 18.1. The molecule has 26 heavy (non-hydrogen) atoms. The van der Waals surface area contributed by atoms with Crippen LogP contribution in [-0.4, -0.2) is 51.2 Å². The molecule has 0 bridgehead atoms. The lowest BCUT2D eigenvalue weighted by Crippen LogP contribution is -2.48. The van der Waals surface area contributed by atoms with Crippen LogP contribution in [0.1, 0.15) is 21.5 Å². The Labute approximate surface area is 155 Å². The average Bonchev–Trinajstić information content (AvgIpc) is 2.66. The van der Waals surface area contributed by atoms with E-state index in [-0.39, 0.29) is 5.91 Å². The van der Waals surface area contributed by atoms with E-state index in [1.54, 1.807) is 32.4 Å². The molecule has 0 atom stereocenters. The van der Waals surface area contributed by atoms with Crippen LogP contribution in [0.25, 0.3) is 0 Å². The quantitative estimate of drug-likeness (QED) is 0.845. The van der Waals surface area contributed by atoms with E-state index in [4.69, 9.17) is 9.47 Å². The Morgan fingerprint density at radius 3 is 2.04 bits per heavy atom. The van der Waals surface area contributed by atoms with E-state index >= 15 is 0 Å². The summed E-state index contributed by atoms with van der Waals surface area (Å²) in [5.74, 6) is 1.24. The average molecular weight is 354 g/mol. The van der Waals surface area contributed by atoms with Crippen molar-refractivity contribution in [3.63, 3.8) is 0 Å². The van der Waals surface area contributed by atoms with E-state index in [0.29, 0.717) is 30.2 Å². The van der Waals surface area contributed by atoms with Gasteiger partial charge in [-0.05, 0) is 55.3 Å². The Bertz CT molecular complexity index is 776. The summed E-state index contributed by atoms with van der Waals surface area (Å²) < 4.78 is 10.5. The molecule has 0 unspecified atom stereocenters. The number of piperazine rings is 1. The minimum absolute atomic E-state index is 0.0334. The molecule has 2 aromatic rings. The predicted molar refractivity (Wildman–Crippen MR) is 104 cm³/mol. The summed E-state index contributed by atoms with van der Waals surface area (Å²) in [6, 6.07) is 11.9. The Hall–Kier alpha value is -2.69. The summed E-state index contributed by atoms with van der Waals surface area (Å²) in [4.78, 5) is 17.1. The van der Waals surface area contributed by atoms with Gasteiger partial charge in [-0.25, -0.2) is 0 Å². The largest absolute Gasteiger partial charge is 0.493 e. The number of hydrogen-bond donors (Lipinski definition) is 0. The monoisotopic (exact) mass is 354 g/mol. The number of methoxy groups -OCH3 is 2. The maximum absolute atomic E-state index is 12.8. The molecular weight excluding hydrogens is 328 g/mol. The van der Waals surface area contributed by atoms with Gasteiger partial charge in [0.2, 0.25) is 0 Å². The van der Waals surface area contributed by atoms with Crippen LogP contribution in [0, 0.1) is 13.8 Å². The zero-order chi connectivity index (χ0) is 18.7. The zero-order valence-corrected chi connectivity index (χ0v) is 15.9. The second-order valence-electron chi connectivity index (χ2n) is 6.69. The number of nitrogens with zero attached hydrogens (tertiary/aromatic N) is 2. The molecule has 0 aliphatic carbocycles. The fourth-order valence-corrected chi connectivity index (χ4v) is 3.45. The highest BCUT2D eigenvalue weighted by atomic mass is 16.5. The molecule has 0 radical (unpaired) electrons. The van der Waals surface area contributed by atoms with Gasteiger partial charge in [0.1, 0.15) is 0 Å². The van der Waals surface area contributed by atoms with Crippen molar-refractivity contribution in [1.82, 2.24) is 4.90 Å². The zero-order valence-electron chi connectivity index (χ0n) is 15.9. The van der Waals surface area contributed by atoms with Gasteiger partial charge in [0.15, 0.2) is 11.5 Å². The number of carbonyl (C=O) groups excluding carboxylic acids is 1. The van der Waals surface area contributed by atoms with Crippen LogP contribution in [-0.2, 0) is 0 Å². The van der Waals surface area contributed by atoms with Crippen LogP contribution in [0.2, 0.25) is 0 Å². The number of aryl methyl sites for hydroxylation is 2. The molecule has 0 N–H and O–H groups in total. The molecule has 5 heteroatoms. The topological polar surface area (TPSA) is 42.0 Å². The smallest absolute Gasteiger partial charge is 0.254 e. The molecule has 1 heterocycles. The van der Waals surface area contributed by atoms with Crippen LogP contribution in [0.5, 0.6) is 11.5 Å². The van der Waals surface area contributed by atoms with Gasteiger partial charge in [0.05, 0.1) is 14.2 Å². The van der Waals surface area contributed by atoms with E-state index in [1.807, 2.05) is 4.90 Å². The van der Waals surface area contributed by atoms with Crippen molar-refractivity contribution in [2.45, 2.75) is 13.8 Å². The van der Waals surface area contributed by atoms with Crippen LogP contribution in [0.15, 0.2) is 36.4 Å². The molecule has 3 rings (SSSR count). The van der Waals surface area contributed by atoms with Crippen molar-refractivity contribution in [3.05, 3.63) is 53.1 Å². The van der Waals surface area contributed by atoms with Crippen molar-refractivity contribution in [3.8, 4) is 11.5 Å². The molecule has 1 saturated heterocycles. The third-order valence-electron chi connectivity index (χ3n) is 4.77. The van der Waals surface area contributed by atoms with Gasteiger partial charge in [-0.3, -0.25) is 4.79 Å². The van der Waals surface area contributed by atoms with E-state index in [0.717, 1.165) is 13.1 Å². The van der Waals surface area contributed by atoms with Crippen molar-refractivity contribution in [1.29, 1.82) is 0 Å². The van der Waals surface area contributed by atoms with Crippen LogP contribution in [0.3, 0.4) is 0 Å². The van der Waals surface area contributed by atoms with E-state index in [1.165, 1.54) is 16.8 Å². The maximum Gasteiger partial charge on any atom is 0.254 e. The molecule has 1 amide bonds. The fourth-order valence-electron chi connectivity index (χ4n) is 3.45. The number of benzene rings is 2. The lowest BCUT2D eigenvalue weighted by Gasteiger charge is -2.36. The summed E-state index contributed by atoms with van der Waals surface area (Å²) in [5, 5.41) is 0. The van der Waals surface area contributed by atoms with Gasteiger partial charge in [0, 0.05) is 37.4 Å². The number of hydrogen-bond acceptors (Lipinski definition) is 4. The van der Waals surface area contributed by atoms with E-state index < -0.39 is 0 Å². The Morgan fingerprint density at radius 1 is 0.846 bits per heavy atom. The molecule has 138 valence electrons. The summed E-state index contributed by atoms with van der Waals surface area (Å²) in [6.07, 6.45) is 0. The van der Waals surface area contributed by atoms with Crippen molar-refractivity contribution in [2.75, 3.05) is 45.3 Å². The van der Waals surface area contributed by atoms with Gasteiger partial charge in [-0.2, -0.15) is 0 Å². The standard InChI is InChI=1S/C21H26N2O3/c1-15-11-16(2)13-18(12-15)22-7-9-23(10-8-22)21(24)17-5-6-19(25-3)20(14-17)26-4/h5-6,11-14H,7-10H2,1-4H3. The second-order valence-corrected chi connectivity index (χ2v) is 6.69. The Morgan fingerprint density at radius 2 is 1.46 bits per heavy atom. The number of carbonyl (C=O) groups is 1. The van der Waals surface area contributed by atoms with Crippen LogP contribution >= 0.6 is 0 Å². The SMILES string of the molecule is COc1ccc(C(=O)N2CCN(c3cc(C)cc(C)c3)CC2)cc1OC.